The van der Waals surface area contributed by atoms with Crippen molar-refractivity contribution in [2.75, 3.05) is 0 Å². The fourth-order valence-electron chi connectivity index (χ4n) is 1.32. The van der Waals surface area contributed by atoms with Crippen molar-refractivity contribution in [3.05, 3.63) is 38.8 Å². The predicted octanol–water partition coefficient (Wildman–Crippen LogP) is 5.20. The number of hydrogen-bond acceptors (Lipinski definition) is 0. The summed E-state index contributed by atoms with van der Waals surface area (Å²) in [6.45, 7) is 5.98. The molecule has 0 spiro atoms. The fraction of sp³-hybridized carbons (Fsp3) is 0.333. The third kappa shape index (κ3) is 2.71. The summed E-state index contributed by atoms with van der Waals surface area (Å²) in [5.41, 5.74) is 2.50. The predicted molar refractivity (Wildman–Crippen MR) is 70.5 cm³/mol. The first kappa shape index (κ1) is 12.0. The van der Waals surface area contributed by atoms with E-state index in [0.29, 0.717) is 0 Å². The van der Waals surface area contributed by atoms with Crippen molar-refractivity contribution >= 4 is 37.9 Å². The number of halogens is 2. The van der Waals surface area contributed by atoms with Crippen LogP contribution in [-0.4, -0.2) is 0 Å². The lowest BCUT2D eigenvalue weighted by Crippen LogP contribution is -1.89. The van der Waals surface area contributed by atoms with E-state index in [4.69, 9.17) is 0 Å². The Bertz CT molecular complexity index is 329. The molecule has 0 saturated carbocycles. The van der Waals surface area contributed by atoms with Gasteiger partial charge >= 0.3 is 0 Å². The molecule has 0 amide bonds. The van der Waals surface area contributed by atoms with Crippen molar-refractivity contribution in [2.24, 2.45) is 0 Å². The van der Waals surface area contributed by atoms with Gasteiger partial charge in [0.05, 0.1) is 0 Å². The normalized spacial score (nSPS) is 10.2. The molecule has 1 aromatic carbocycles. The van der Waals surface area contributed by atoms with E-state index in [-0.39, 0.29) is 0 Å². The molecule has 0 heterocycles. The van der Waals surface area contributed by atoms with Gasteiger partial charge < -0.3 is 0 Å². The summed E-state index contributed by atoms with van der Waals surface area (Å²) >= 11 is 7.17. The van der Waals surface area contributed by atoms with Gasteiger partial charge in [0.2, 0.25) is 0 Å². The first-order chi connectivity index (χ1) is 6.70. The third-order valence-electron chi connectivity index (χ3n) is 2.21. The molecule has 0 aliphatic rings. The van der Waals surface area contributed by atoms with Crippen LogP contribution in [0.25, 0.3) is 6.08 Å². The molecule has 1 rings (SSSR count). The lowest BCUT2D eigenvalue weighted by atomic mass is 10.1. The average molecular weight is 318 g/mol. The Labute approximate surface area is 103 Å². The number of hydrogen-bond donors (Lipinski definition) is 0. The minimum atomic E-state index is 1.11. The summed E-state index contributed by atoms with van der Waals surface area (Å²) in [5, 5.41) is 0. The van der Waals surface area contributed by atoms with Crippen molar-refractivity contribution < 1.29 is 0 Å². The molecule has 0 fully saturated rings. The molecule has 14 heavy (non-hydrogen) atoms. The summed E-state index contributed by atoms with van der Waals surface area (Å²) in [6, 6.07) is 4.27. The second-order valence-corrected chi connectivity index (χ2v) is 4.84. The van der Waals surface area contributed by atoms with Crippen LogP contribution in [0.5, 0.6) is 0 Å². The van der Waals surface area contributed by atoms with Crippen LogP contribution in [0.15, 0.2) is 27.7 Å². The maximum absolute atomic E-state index is 3.77. The van der Waals surface area contributed by atoms with E-state index < -0.39 is 0 Å². The Morgan fingerprint density at radius 2 is 2.00 bits per heavy atom. The van der Waals surface area contributed by atoms with E-state index in [2.05, 4.69) is 57.5 Å². The van der Waals surface area contributed by atoms with Crippen LogP contribution in [0.1, 0.15) is 30.9 Å². The van der Waals surface area contributed by atoms with Crippen molar-refractivity contribution in [2.45, 2.75) is 26.2 Å². The smallest absolute Gasteiger partial charge is 0.0392 e. The molecule has 0 radical (unpaired) electrons. The van der Waals surface area contributed by atoms with Gasteiger partial charge in [0, 0.05) is 8.95 Å². The van der Waals surface area contributed by atoms with Gasteiger partial charge in [-0.1, -0.05) is 38.1 Å². The maximum atomic E-state index is 3.77. The number of benzene rings is 1. The van der Waals surface area contributed by atoms with E-state index >= 15 is 0 Å². The number of unbranched alkanes of at least 4 members (excludes halogenated alkanes) is 1. The van der Waals surface area contributed by atoms with Crippen molar-refractivity contribution in [1.29, 1.82) is 0 Å². The standard InChI is InChI=1S/C12H14Br2/c1-3-5-6-10-8-7-9(4-2)11(13)12(10)14/h4,7-8H,2-3,5-6H2,1H3. The van der Waals surface area contributed by atoms with Crippen molar-refractivity contribution in [1.82, 2.24) is 0 Å². The van der Waals surface area contributed by atoms with E-state index in [9.17, 15) is 0 Å². The van der Waals surface area contributed by atoms with E-state index in [1.807, 2.05) is 6.08 Å². The monoisotopic (exact) mass is 316 g/mol. The highest BCUT2D eigenvalue weighted by molar-refractivity contribution is 9.13. The molecule has 0 aliphatic heterocycles. The quantitative estimate of drug-likeness (QED) is 0.716. The molecule has 0 atom stereocenters. The van der Waals surface area contributed by atoms with E-state index in [1.54, 1.807) is 0 Å². The molecule has 0 aliphatic carbocycles. The summed E-state index contributed by atoms with van der Waals surface area (Å²) < 4.78 is 2.28. The van der Waals surface area contributed by atoms with Gasteiger partial charge in [0.25, 0.3) is 0 Å². The van der Waals surface area contributed by atoms with Crippen LogP contribution in [0.2, 0.25) is 0 Å². The molecule has 0 saturated heterocycles. The van der Waals surface area contributed by atoms with Gasteiger partial charge in [-0.25, -0.2) is 0 Å². The van der Waals surface area contributed by atoms with E-state index in [0.717, 1.165) is 16.5 Å². The largest absolute Gasteiger partial charge is 0.0984 e. The minimum Gasteiger partial charge on any atom is -0.0984 e. The molecule has 1 aromatic rings. The lowest BCUT2D eigenvalue weighted by molar-refractivity contribution is 0.792. The zero-order chi connectivity index (χ0) is 10.6. The average Bonchev–Trinajstić information content (AvgIpc) is 2.20. The molecule has 76 valence electrons. The molecular formula is C12H14Br2. The fourth-order valence-corrected chi connectivity index (χ4v) is 2.43. The van der Waals surface area contributed by atoms with Gasteiger partial charge in [-0.15, -0.1) is 0 Å². The van der Waals surface area contributed by atoms with Crippen LogP contribution in [0.3, 0.4) is 0 Å². The first-order valence-corrected chi connectivity index (χ1v) is 6.38. The second-order valence-electron chi connectivity index (χ2n) is 3.25. The van der Waals surface area contributed by atoms with Gasteiger partial charge in [-0.3, -0.25) is 0 Å². The van der Waals surface area contributed by atoms with Gasteiger partial charge in [-0.05, 0) is 55.8 Å². The van der Waals surface area contributed by atoms with Crippen LogP contribution in [0, 0.1) is 0 Å². The zero-order valence-corrected chi connectivity index (χ0v) is 11.5. The molecule has 0 aromatic heterocycles. The zero-order valence-electron chi connectivity index (χ0n) is 8.32. The molecule has 2 heteroatoms. The van der Waals surface area contributed by atoms with Gasteiger partial charge in [-0.2, -0.15) is 0 Å². The molecular weight excluding hydrogens is 304 g/mol. The Morgan fingerprint density at radius 3 is 2.57 bits per heavy atom. The summed E-state index contributed by atoms with van der Waals surface area (Å²) in [5.74, 6) is 0. The third-order valence-corrected chi connectivity index (χ3v) is 4.50. The number of aryl methyl sites for hydroxylation is 1. The Balaban J connectivity index is 2.98. The van der Waals surface area contributed by atoms with E-state index in [1.165, 1.54) is 22.9 Å². The van der Waals surface area contributed by atoms with Crippen LogP contribution in [0.4, 0.5) is 0 Å². The lowest BCUT2D eigenvalue weighted by Gasteiger charge is -2.08. The Hall–Kier alpha value is -0.0800. The molecule has 0 N–H and O–H groups in total. The first-order valence-electron chi connectivity index (χ1n) is 4.80. The van der Waals surface area contributed by atoms with Crippen LogP contribution >= 0.6 is 31.9 Å². The highest BCUT2D eigenvalue weighted by Crippen LogP contribution is 2.31. The van der Waals surface area contributed by atoms with Crippen LogP contribution < -0.4 is 0 Å². The van der Waals surface area contributed by atoms with Crippen LogP contribution in [-0.2, 0) is 6.42 Å². The highest BCUT2D eigenvalue weighted by atomic mass is 79.9. The topological polar surface area (TPSA) is 0 Å². The Kier molecular flexibility index (Phi) is 4.90. The Morgan fingerprint density at radius 1 is 1.29 bits per heavy atom. The summed E-state index contributed by atoms with van der Waals surface area (Å²) in [4.78, 5) is 0. The van der Waals surface area contributed by atoms with Gasteiger partial charge in [0.1, 0.15) is 0 Å². The van der Waals surface area contributed by atoms with Gasteiger partial charge in [0.15, 0.2) is 0 Å². The van der Waals surface area contributed by atoms with Crippen molar-refractivity contribution in [3.63, 3.8) is 0 Å². The number of rotatable bonds is 4. The molecule has 0 bridgehead atoms. The molecule has 0 nitrogen and oxygen atoms in total. The van der Waals surface area contributed by atoms with Crippen molar-refractivity contribution in [3.8, 4) is 0 Å². The maximum Gasteiger partial charge on any atom is 0.0392 e. The molecule has 0 unspecified atom stereocenters. The minimum absolute atomic E-state index is 1.11. The summed E-state index contributed by atoms with van der Waals surface area (Å²) in [6.07, 6.45) is 5.46. The summed E-state index contributed by atoms with van der Waals surface area (Å²) in [7, 11) is 0. The SMILES string of the molecule is C=Cc1ccc(CCCC)c(Br)c1Br. The second kappa shape index (κ2) is 5.72. The highest BCUT2D eigenvalue weighted by Gasteiger charge is 2.06.